The average molecular weight is 446 g/mol. The Labute approximate surface area is 185 Å². The van der Waals surface area contributed by atoms with Crippen molar-refractivity contribution < 1.29 is 24.5 Å². The van der Waals surface area contributed by atoms with Gasteiger partial charge in [0.15, 0.2) is 0 Å². The Kier molecular flexibility index (Phi) is 7.97. The fourth-order valence-corrected chi connectivity index (χ4v) is 4.13. The summed E-state index contributed by atoms with van der Waals surface area (Å²) in [5.41, 5.74) is 1.34. The Morgan fingerprint density at radius 2 is 1.68 bits per heavy atom. The molecule has 2 bridgehead atoms. The van der Waals surface area contributed by atoms with Crippen molar-refractivity contribution >= 4 is 23.5 Å². The molecule has 164 valence electrons. The summed E-state index contributed by atoms with van der Waals surface area (Å²) < 4.78 is 6.08. The number of carbonyl (C=O) groups is 2. The predicted molar refractivity (Wildman–Crippen MR) is 114 cm³/mol. The van der Waals surface area contributed by atoms with Crippen molar-refractivity contribution in [2.45, 2.75) is 50.4 Å². The van der Waals surface area contributed by atoms with Gasteiger partial charge in [0.1, 0.15) is 6.10 Å². The van der Waals surface area contributed by atoms with Crippen LogP contribution in [0.5, 0.6) is 5.88 Å². The number of piperidine rings is 1. The normalized spacial score (nSPS) is 22.5. The van der Waals surface area contributed by atoms with Crippen LogP contribution in [0.2, 0.25) is 5.02 Å². The molecular formula is C22H24ClN3O5. The van der Waals surface area contributed by atoms with Crippen molar-refractivity contribution in [2.24, 2.45) is 0 Å². The van der Waals surface area contributed by atoms with Crippen molar-refractivity contribution in [1.82, 2.24) is 14.9 Å². The highest BCUT2D eigenvalue weighted by Crippen LogP contribution is 2.38. The molecule has 2 aromatic heterocycles. The Morgan fingerprint density at radius 3 is 2.19 bits per heavy atom. The van der Waals surface area contributed by atoms with Crippen LogP contribution < -0.4 is 4.74 Å². The van der Waals surface area contributed by atoms with Crippen molar-refractivity contribution in [1.29, 1.82) is 0 Å². The van der Waals surface area contributed by atoms with Gasteiger partial charge in [-0.25, -0.2) is 14.6 Å². The number of fused-ring (bicyclic) bond motifs is 2. The lowest BCUT2D eigenvalue weighted by Crippen LogP contribution is -2.45. The van der Waals surface area contributed by atoms with E-state index >= 15 is 0 Å². The first kappa shape index (κ1) is 22.7. The van der Waals surface area contributed by atoms with E-state index in [1.807, 2.05) is 24.5 Å². The highest BCUT2D eigenvalue weighted by Gasteiger charge is 2.41. The van der Waals surface area contributed by atoms with Gasteiger partial charge in [0, 0.05) is 55.4 Å². The zero-order valence-electron chi connectivity index (χ0n) is 16.8. The lowest BCUT2D eigenvalue weighted by atomic mass is 9.99. The first-order valence-corrected chi connectivity index (χ1v) is 10.4. The SMILES string of the molecule is Clc1ccc(OC2CC3CCC(C2)N3Cc2ccncc2)nc1.O=C(O)C=CC(=O)O. The van der Waals surface area contributed by atoms with Gasteiger partial charge in [-0.3, -0.25) is 9.88 Å². The van der Waals surface area contributed by atoms with Gasteiger partial charge >= 0.3 is 11.9 Å². The third-order valence-electron chi connectivity index (χ3n) is 5.31. The van der Waals surface area contributed by atoms with Gasteiger partial charge in [-0.15, -0.1) is 0 Å². The Balaban J connectivity index is 0.000000293. The van der Waals surface area contributed by atoms with Gasteiger partial charge in [0.05, 0.1) is 5.02 Å². The third-order valence-corrected chi connectivity index (χ3v) is 5.54. The molecule has 2 saturated heterocycles. The number of ether oxygens (including phenoxy) is 1. The third kappa shape index (κ3) is 7.04. The number of aliphatic carboxylic acids is 2. The Bertz CT molecular complexity index is 877. The molecule has 4 rings (SSSR count). The van der Waals surface area contributed by atoms with Crippen LogP contribution in [0.3, 0.4) is 0 Å². The summed E-state index contributed by atoms with van der Waals surface area (Å²) >= 11 is 5.88. The number of carboxylic acid groups (broad SMARTS) is 2. The number of aromatic nitrogens is 2. The van der Waals surface area contributed by atoms with E-state index in [0.717, 1.165) is 19.4 Å². The number of nitrogens with zero attached hydrogens (tertiary/aromatic N) is 3. The number of carboxylic acids is 2. The minimum Gasteiger partial charge on any atom is -0.478 e. The second-order valence-corrected chi connectivity index (χ2v) is 7.88. The van der Waals surface area contributed by atoms with Gasteiger partial charge in [0.25, 0.3) is 0 Å². The fraction of sp³-hybridized carbons (Fsp3) is 0.364. The molecule has 2 N–H and O–H groups in total. The van der Waals surface area contributed by atoms with Crippen LogP contribution in [0.1, 0.15) is 31.2 Å². The summed E-state index contributed by atoms with van der Waals surface area (Å²) in [7, 11) is 0. The minimum absolute atomic E-state index is 0.259. The van der Waals surface area contributed by atoms with Gasteiger partial charge in [0.2, 0.25) is 5.88 Å². The standard InChI is InChI=1S/C18H20ClN3O.C4H4O4/c19-14-1-4-18(21-11-14)23-17-9-15-2-3-16(10-17)22(15)12-13-5-7-20-8-6-13;5-3(6)1-2-4(7)8/h1,4-8,11,15-17H,2-3,9-10,12H2;1-2H,(H,5,6)(H,7,8). The van der Waals surface area contributed by atoms with Crippen molar-refractivity contribution in [3.8, 4) is 5.88 Å². The fourth-order valence-electron chi connectivity index (χ4n) is 4.02. The van der Waals surface area contributed by atoms with Crippen LogP contribution in [-0.2, 0) is 16.1 Å². The highest BCUT2D eigenvalue weighted by molar-refractivity contribution is 6.30. The summed E-state index contributed by atoms with van der Waals surface area (Å²) in [6, 6.07) is 9.13. The van der Waals surface area contributed by atoms with Gasteiger partial charge in [-0.05, 0) is 49.4 Å². The van der Waals surface area contributed by atoms with Crippen molar-refractivity contribution in [3.63, 3.8) is 0 Å². The maximum Gasteiger partial charge on any atom is 0.328 e. The van der Waals surface area contributed by atoms with Crippen LogP contribution in [0.4, 0.5) is 0 Å². The number of hydrogen-bond acceptors (Lipinski definition) is 6. The van der Waals surface area contributed by atoms with E-state index in [1.54, 1.807) is 6.20 Å². The number of rotatable bonds is 6. The highest BCUT2D eigenvalue weighted by atomic mass is 35.5. The first-order valence-electron chi connectivity index (χ1n) is 9.97. The molecule has 0 amide bonds. The zero-order chi connectivity index (χ0) is 22.2. The van der Waals surface area contributed by atoms with E-state index in [1.165, 1.54) is 18.4 Å². The molecule has 31 heavy (non-hydrogen) atoms. The summed E-state index contributed by atoms with van der Waals surface area (Å²) in [6.45, 7) is 1.02. The topological polar surface area (TPSA) is 113 Å². The van der Waals surface area contributed by atoms with Crippen LogP contribution in [0.15, 0.2) is 55.0 Å². The smallest absolute Gasteiger partial charge is 0.328 e. The maximum atomic E-state index is 9.55. The number of pyridine rings is 2. The van der Waals surface area contributed by atoms with E-state index in [4.69, 9.17) is 26.6 Å². The van der Waals surface area contributed by atoms with Crippen LogP contribution in [0, 0.1) is 0 Å². The van der Waals surface area contributed by atoms with E-state index in [9.17, 15) is 9.59 Å². The van der Waals surface area contributed by atoms with Crippen LogP contribution >= 0.6 is 11.6 Å². The quantitative estimate of drug-likeness (QED) is 0.650. The van der Waals surface area contributed by atoms with Gasteiger partial charge in [-0.2, -0.15) is 0 Å². The molecule has 4 heterocycles. The molecule has 2 aromatic rings. The Hall–Kier alpha value is -2.97. The van der Waals surface area contributed by atoms with E-state index in [2.05, 4.69) is 27.0 Å². The molecule has 0 spiro atoms. The van der Waals surface area contributed by atoms with Crippen LogP contribution in [-0.4, -0.2) is 55.2 Å². The zero-order valence-corrected chi connectivity index (χ0v) is 17.6. The van der Waals surface area contributed by atoms with Gasteiger partial charge in [-0.1, -0.05) is 11.6 Å². The average Bonchev–Trinajstić information content (AvgIpc) is 2.97. The Morgan fingerprint density at radius 1 is 1.06 bits per heavy atom. The summed E-state index contributed by atoms with van der Waals surface area (Å²) in [5, 5.41) is 16.3. The van der Waals surface area contributed by atoms with Gasteiger partial charge < -0.3 is 14.9 Å². The monoisotopic (exact) mass is 445 g/mol. The second-order valence-electron chi connectivity index (χ2n) is 7.45. The summed E-state index contributed by atoms with van der Waals surface area (Å²) in [5.74, 6) is -1.83. The van der Waals surface area contributed by atoms with Crippen LogP contribution in [0.25, 0.3) is 0 Å². The molecule has 0 radical (unpaired) electrons. The summed E-state index contributed by atoms with van der Waals surface area (Å²) in [4.78, 5) is 30.1. The molecule has 2 atom stereocenters. The molecule has 2 fully saturated rings. The number of halogens is 1. The largest absolute Gasteiger partial charge is 0.478 e. The molecular weight excluding hydrogens is 422 g/mol. The minimum atomic E-state index is -1.26. The maximum absolute atomic E-state index is 9.55. The molecule has 9 heteroatoms. The lowest BCUT2D eigenvalue weighted by molar-refractivity contribution is -0.134. The van der Waals surface area contributed by atoms with Crippen molar-refractivity contribution in [3.05, 3.63) is 65.6 Å². The van der Waals surface area contributed by atoms with E-state index in [0.29, 0.717) is 35.1 Å². The molecule has 8 nitrogen and oxygen atoms in total. The first-order chi connectivity index (χ1) is 14.9. The molecule has 0 saturated carbocycles. The van der Waals surface area contributed by atoms with E-state index < -0.39 is 11.9 Å². The molecule has 0 aliphatic carbocycles. The predicted octanol–water partition coefficient (Wildman–Crippen LogP) is 3.42. The second kappa shape index (κ2) is 10.9. The molecule has 0 aromatic carbocycles. The summed E-state index contributed by atoms with van der Waals surface area (Å²) in [6.07, 6.45) is 11.5. The lowest BCUT2D eigenvalue weighted by Gasteiger charge is -2.38. The van der Waals surface area contributed by atoms with E-state index in [-0.39, 0.29) is 6.10 Å². The molecule has 2 unspecified atom stereocenters. The molecule has 2 aliphatic rings. The molecule has 2 aliphatic heterocycles. The number of hydrogen-bond donors (Lipinski definition) is 2. The van der Waals surface area contributed by atoms with Crippen molar-refractivity contribution in [2.75, 3.05) is 0 Å².